The molecule has 1 N–H and O–H groups in total. The molecular weight excluding hydrogens is 272 g/mol. The Kier molecular flexibility index (Phi) is 4.28. The Bertz CT molecular complexity index is 497. The highest BCUT2D eigenvalue weighted by molar-refractivity contribution is 6.29. The van der Waals surface area contributed by atoms with Gasteiger partial charge in [-0.3, -0.25) is 14.6 Å². The number of nitrogens with one attached hydrogen (secondary N) is 1. The molecule has 8 heteroatoms. The molecule has 2 amide bonds. The van der Waals surface area contributed by atoms with Gasteiger partial charge in [0.15, 0.2) is 0 Å². The van der Waals surface area contributed by atoms with Crippen LogP contribution >= 0.6 is 11.6 Å². The molecule has 1 aromatic heterocycles. The first-order chi connectivity index (χ1) is 9.13. The predicted molar refractivity (Wildman–Crippen MR) is 66.8 cm³/mol. The number of carbonyl (C=O) groups excluding carboxylic acids is 2. The van der Waals surface area contributed by atoms with Gasteiger partial charge in [0.25, 0.3) is 5.91 Å². The van der Waals surface area contributed by atoms with E-state index in [-0.39, 0.29) is 29.3 Å². The van der Waals surface area contributed by atoms with Crippen LogP contribution in [0.15, 0.2) is 12.4 Å². The molecule has 1 unspecified atom stereocenters. The molecule has 7 nitrogen and oxygen atoms in total. The maximum Gasteiger partial charge on any atom is 0.274 e. The van der Waals surface area contributed by atoms with Gasteiger partial charge in [0.2, 0.25) is 5.91 Å². The van der Waals surface area contributed by atoms with E-state index in [9.17, 15) is 9.59 Å². The molecule has 2 heterocycles. The molecule has 0 spiro atoms. The Morgan fingerprint density at radius 2 is 2.32 bits per heavy atom. The Labute approximate surface area is 114 Å². The van der Waals surface area contributed by atoms with Gasteiger partial charge in [-0.05, 0) is 0 Å². The fourth-order valence-corrected chi connectivity index (χ4v) is 1.97. The van der Waals surface area contributed by atoms with Gasteiger partial charge in [-0.15, -0.1) is 0 Å². The topological polar surface area (TPSA) is 84.4 Å². The van der Waals surface area contributed by atoms with Crippen molar-refractivity contribution in [1.29, 1.82) is 0 Å². The van der Waals surface area contributed by atoms with Crippen molar-refractivity contribution in [1.82, 2.24) is 20.2 Å². The molecule has 0 bridgehead atoms. The Balaban J connectivity index is 2.22. The molecule has 19 heavy (non-hydrogen) atoms. The van der Waals surface area contributed by atoms with Crippen molar-refractivity contribution in [3.8, 4) is 0 Å². The molecule has 0 aliphatic carbocycles. The summed E-state index contributed by atoms with van der Waals surface area (Å²) in [7, 11) is 1.51. The summed E-state index contributed by atoms with van der Waals surface area (Å²) in [6.07, 6.45) is 2.67. The van der Waals surface area contributed by atoms with Gasteiger partial charge in [-0.1, -0.05) is 11.6 Å². The van der Waals surface area contributed by atoms with E-state index < -0.39 is 6.04 Å². The molecule has 1 fully saturated rings. The summed E-state index contributed by atoms with van der Waals surface area (Å²) in [5.74, 6) is -0.657. The van der Waals surface area contributed by atoms with Gasteiger partial charge in [0.05, 0.1) is 25.6 Å². The molecule has 1 aliphatic rings. The second-order valence-electron chi connectivity index (χ2n) is 3.93. The van der Waals surface area contributed by atoms with Crippen molar-refractivity contribution in [3.63, 3.8) is 0 Å². The monoisotopic (exact) mass is 284 g/mol. The SMILES string of the molecule is CNC(=O)C1COCCN1C(=O)c1cncc(Cl)n1. The minimum absolute atomic E-state index is 0.114. The zero-order chi connectivity index (χ0) is 13.8. The number of rotatable bonds is 2. The van der Waals surface area contributed by atoms with Crippen LogP contribution in [0.5, 0.6) is 0 Å². The van der Waals surface area contributed by atoms with Crippen LogP contribution in [0.2, 0.25) is 5.15 Å². The maximum atomic E-state index is 12.3. The third kappa shape index (κ3) is 2.99. The number of nitrogens with zero attached hydrogens (tertiary/aromatic N) is 3. The average Bonchev–Trinajstić information content (AvgIpc) is 2.45. The first-order valence-electron chi connectivity index (χ1n) is 5.71. The van der Waals surface area contributed by atoms with E-state index in [1.807, 2.05) is 0 Å². The highest BCUT2D eigenvalue weighted by Crippen LogP contribution is 2.12. The lowest BCUT2D eigenvalue weighted by Gasteiger charge is -2.33. The lowest BCUT2D eigenvalue weighted by atomic mass is 10.2. The molecule has 1 aromatic rings. The van der Waals surface area contributed by atoms with E-state index in [1.165, 1.54) is 24.3 Å². The number of hydrogen-bond donors (Lipinski definition) is 1. The number of likely N-dealkylation sites (N-methyl/N-ethyl adjacent to an activating group) is 1. The summed E-state index contributed by atoms with van der Waals surface area (Å²) in [6.45, 7) is 0.873. The van der Waals surface area contributed by atoms with Crippen LogP contribution in [0, 0.1) is 0 Å². The summed E-state index contributed by atoms with van der Waals surface area (Å²) in [4.78, 5) is 33.2. The third-order valence-electron chi connectivity index (χ3n) is 2.76. The van der Waals surface area contributed by atoms with Crippen molar-refractivity contribution in [2.24, 2.45) is 0 Å². The van der Waals surface area contributed by atoms with Crippen LogP contribution < -0.4 is 5.32 Å². The minimum Gasteiger partial charge on any atom is -0.377 e. The van der Waals surface area contributed by atoms with Crippen LogP contribution in [0.3, 0.4) is 0 Å². The summed E-state index contributed by atoms with van der Waals surface area (Å²) in [5.41, 5.74) is 0.114. The van der Waals surface area contributed by atoms with E-state index in [4.69, 9.17) is 16.3 Å². The molecule has 0 radical (unpaired) electrons. The smallest absolute Gasteiger partial charge is 0.274 e. The molecule has 1 saturated heterocycles. The maximum absolute atomic E-state index is 12.3. The number of morpholine rings is 1. The van der Waals surface area contributed by atoms with Crippen molar-refractivity contribution < 1.29 is 14.3 Å². The lowest BCUT2D eigenvalue weighted by molar-refractivity contribution is -0.130. The largest absolute Gasteiger partial charge is 0.377 e. The summed E-state index contributed by atoms with van der Waals surface area (Å²) < 4.78 is 5.23. The number of halogens is 1. The second-order valence-corrected chi connectivity index (χ2v) is 4.32. The van der Waals surface area contributed by atoms with Crippen LogP contribution in [0.25, 0.3) is 0 Å². The van der Waals surface area contributed by atoms with Gasteiger partial charge in [-0.2, -0.15) is 0 Å². The Hall–Kier alpha value is -1.73. The van der Waals surface area contributed by atoms with Crippen molar-refractivity contribution in [3.05, 3.63) is 23.2 Å². The number of ether oxygens (including phenoxy) is 1. The number of amides is 2. The van der Waals surface area contributed by atoms with Crippen LogP contribution in [-0.4, -0.2) is 59.5 Å². The fourth-order valence-electron chi connectivity index (χ4n) is 1.82. The summed E-state index contributed by atoms with van der Waals surface area (Å²) >= 11 is 5.71. The first kappa shape index (κ1) is 13.7. The number of hydrogen-bond acceptors (Lipinski definition) is 5. The van der Waals surface area contributed by atoms with Gasteiger partial charge in [-0.25, -0.2) is 4.98 Å². The van der Waals surface area contributed by atoms with Gasteiger partial charge in [0, 0.05) is 13.6 Å². The molecular formula is C11H13ClN4O3. The summed E-state index contributed by atoms with van der Waals surface area (Å²) in [5, 5.41) is 2.64. The molecule has 0 saturated carbocycles. The molecule has 1 atom stereocenters. The Morgan fingerprint density at radius 1 is 1.53 bits per heavy atom. The minimum atomic E-state index is -0.660. The second kappa shape index (κ2) is 5.94. The average molecular weight is 285 g/mol. The van der Waals surface area contributed by atoms with Crippen molar-refractivity contribution in [2.75, 3.05) is 26.8 Å². The molecule has 1 aliphatic heterocycles. The normalized spacial score (nSPS) is 19.1. The molecule has 0 aromatic carbocycles. The summed E-state index contributed by atoms with van der Waals surface area (Å²) in [6, 6.07) is -0.660. The third-order valence-corrected chi connectivity index (χ3v) is 2.94. The van der Waals surface area contributed by atoms with E-state index in [0.29, 0.717) is 13.2 Å². The van der Waals surface area contributed by atoms with Crippen LogP contribution in [0.1, 0.15) is 10.5 Å². The molecule has 102 valence electrons. The van der Waals surface area contributed by atoms with E-state index in [1.54, 1.807) is 0 Å². The van der Waals surface area contributed by atoms with Gasteiger partial charge in [0.1, 0.15) is 16.9 Å². The quantitative estimate of drug-likeness (QED) is 0.807. The molecule has 2 rings (SSSR count). The fraction of sp³-hybridized carbons (Fsp3) is 0.455. The zero-order valence-electron chi connectivity index (χ0n) is 10.3. The van der Waals surface area contributed by atoms with E-state index in [2.05, 4.69) is 15.3 Å². The first-order valence-corrected chi connectivity index (χ1v) is 6.09. The van der Waals surface area contributed by atoms with Crippen LogP contribution in [-0.2, 0) is 9.53 Å². The van der Waals surface area contributed by atoms with Crippen molar-refractivity contribution in [2.45, 2.75) is 6.04 Å². The van der Waals surface area contributed by atoms with Gasteiger partial charge < -0.3 is 15.0 Å². The van der Waals surface area contributed by atoms with E-state index >= 15 is 0 Å². The van der Waals surface area contributed by atoms with E-state index in [0.717, 1.165) is 0 Å². The highest BCUT2D eigenvalue weighted by Gasteiger charge is 2.33. The van der Waals surface area contributed by atoms with Crippen molar-refractivity contribution >= 4 is 23.4 Å². The zero-order valence-corrected chi connectivity index (χ0v) is 11.1. The standard InChI is InChI=1S/C11H13ClN4O3/c1-13-10(17)8-6-19-3-2-16(8)11(18)7-4-14-5-9(12)15-7/h4-5,8H,2-3,6H2,1H3,(H,13,17). The van der Waals surface area contributed by atoms with Gasteiger partial charge >= 0.3 is 0 Å². The number of carbonyl (C=O) groups is 2. The van der Waals surface area contributed by atoms with Crippen LogP contribution in [0.4, 0.5) is 0 Å². The Morgan fingerprint density at radius 3 is 3.00 bits per heavy atom. The number of aromatic nitrogens is 2. The lowest BCUT2D eigenvalue weighted by Crippen LogP contribution is -2.55. The highest BCUT2D eigenvalue weighted by atomic mass is 35.5. The predicted octanol–water partition coefficient (Wildman–Crippen LogP) is -0.283.